The molecule has 100 valence electrons. The van der Waals surface area contributed by atoms with Crippen molar-refractivity contribution in [2.75, 3.05) is 11.9 Å². The van der Waals surface area contributed by atoms with Crippen molar-refractivity contribution >= 4 is 17.3 Å². The van der Waals surface area contributed by atoms with E-state index >= 15 is 0 Å². The Morgan fingerprint density at radius 3 is 2.65 bits per heavy atom. The molecule has 0 saturated carbocycles. The van der Waals surface area contributed by atoms with Crippen LogP contribution in [0.15, 0.2) is 55.1 Å². The van der Waals surface area contributed by atoms with Crippen LogP contribution in [0.25, 0.3) is 5.57 Å². The maximum atomic E-state index is 11.9. The Bertz CT molecular complexity index is 677. The standard InChI is InChI=1S/C17H16N2O/c1-12(13-7-4-3-5-8-13)15-10-6-9-14-11-18-17(20)19(2)16(14)15/h3-10H,1,11H2,2H3,(H,18,20). The van der Waals surface area contributed by atoms with Gasteiger partial charge in [-0.2, -0.15) is 0 Å². The van der Waals surface area contributed by atoms with Crippen molar-refractivity contribution in [3.63, 3.8) is 0 Å². The van der Waals surface area contributed by atoms with Crippen LogP contribution in [0.3, 0.4) is 0 Å². The third-order valence-electron chi connectivity index (χ3n) is 3.64. The molecule has 2 aromatic carbocycles. The molecular formula is C17H16N2O. The van der Waals surface area contributed by atoms with Crippen LogP contribution in [0.2, 0.25) is 0 Å². The van der Waals surface area contributed by atoms with E-state index in [1.165, 1.54) is 0 Å². The number of hydrogen-bond donors (Lipinski definition) is 1. The normalized spacial score (nSPS) is 13.7. The lowest BCUT2D eigenvalue weighted by Crippen LogP contribution is -2.42. The largest absolute Gasteiger partial charge is 0.334 e. The summed E-state index contributed by atoms with van der Waals surface area (Å²) in [6, 6.07) is 16.0. The molecule has 0 saturated heterocycles. The Labute approximate surface area is 118 Å². The van der Waals surface area contributed by atoms with Gasteiger partial charge in [0.15, 0.2) is 0 Å². The van der Waals surface area contributed by atoms with Crippen molar-refractivity contribution in [1.82, 2.24) is 5.32 Å². The minimum atomic E-state index is -0.0780. The minimum absolute atomic E-state index is 0.0780. The summed E-state index contributed by atoms with van der Waals surface area (Å²) in [6.45, 7) is 4.77. The van der Waals surface area contributed by atoms with Crippen molar-refractivity contribution in [2.45, 2.75) is 6.54 Å². The number of para-hydroxylation sites is 1. The summed E-state index contributed by atoms with van der Waals surface area (Å²) in [5, 5.41) is 2.85. The minimum Gasteiger partial charge on any atom is -0.334 e. The first-order chi connectivity index (χ1) is 9.68. The van der Waals surface area contributed by atoms with Crippen LogP contribution in [0.4, 0.5) is 10.5 Å². The predicted molar refractivity (Wildman–Crippen MR) is 81.7 cm³/mol. The van der Waals surface area contributed by atoms with Gasteiger partial charge < -0.3 is 5.32 Å². The maximum absolute atomic E-state index is 11.9. The number of nitrogens with zero attached hydrogens (tertiary/aromatic N) is 1. The zero-order valence-corrected chi connectivity index (χ0v) is 11.4. The Balaban J connectivity index is 2.12. The molecule has 20 heavy (non-hydrogen) atoms. The van der Waals surface area contributed by atoms with Gasteiger partial charge >= 0.3 is 6.03 Å². The summed E-state index contributed by atoms with van der Waals surface area (Å²) >= 11 is 0. The molecule has 1 heterocycles. The highest BCUT2D eigenvalue weighted by Crippen LogP contribution is 2.34. The smallest absolute Gasteiger partial charge is 0.321 e. The molecule has 2 amide bonds. The van der Waals surface area contributed by atoms with Gasteiger partial charge in [0, 0.05) is 19.2 Å². The summed E-state index contributed by atoms with van der Waals surface area (Å²) in [6.07, 6.45) is 0. The molecule has 0 unspecified atom stereocenters. The second-order valence-electron chi connectivity index (χ2n) is 4.88. The SMILES string of the molecule is C=C(c1ccccc1)c1cccc2c1N(C)C(=O)NC2. The molecular weight excluding hydrogens is 248 g/mol. The number of urea groups is 1. The highest BCUT2D eigenvalue weighted by Gasteiger charge is 2.23. The van der Waals surface area contributed by atoms with E-state index in [1.807, 2.05) is 48.5 Å². The molecule has 0 aliphatic carbocycles. The molecule has 0 atom stereocenters. The molecule has 3 heteroatoms. The number of fused-ring (bicyclic) bond motifs is 1. The first-order valence-electron chi connectivity index (χ1n) is 6.56. The van der Waals surface area contributed by atoms with Gasteiger partial charge in [-0.05, 0) is 16.7 Å². The van der Waals surface area contributed by atoms with Gasteiger partial charge in [-0.1, -0.05) is 55.1 Å². The van der Waals surface area contributed by atoms with E-state index in [1.54, 1.807) is 11.9 Å². The lowest BCUT2D eigenvalue weighted by atomic mass is 9.94. The van der Waals surface area contributed by atoms with E-state index in [9.17, 15) is 4.79 Å². The molecule has 2 aromatic rings. The second kappa shape index (κ2) is 4.85. The van der Waals surface area contributed by atoms with E-state index in [0.29, 0.717) is 6.54 Å². The number of hydrogen-bond acceptors (Lipinski definition) is 1. The van der Waals surface area contributed by atoms with Crippen LogP contribution in [0, 0.1) is 0 Å². The molecule has 1 aliphatic rings. The lowest BCUT2D eigenvalue weighted by Gasteiger charge is -2.29. The molecule has 1 aliphatic heterocycles. The molecule has 0 spiro atoms. The van der Waals surface area contributed by atoms with E-state index in [2.05, 4.69) is 11.9 Å². The molecule has 0 fully saturated rings. The maximum Gasteiger partial charge on any atom is 0.321 e. The number of anilines is 1. The topological polar surface area (TPSA) is 32.3 Å². The third-order valence-corrected chi connectivity index (χ3v) is 3.64. The van der Waals surface area contributed by atoms with Crippen molar-refractivity contribution in [1.29, 1.82) is 0 Å². The van der Waals surface area contributed by atoms with Crippen molar-refractivity contribution < 1.29 is 4.79 Å². The molecule has 3 rings (SSSR count). The van der Waals surface area contributed by atoms with Gasteiger partial charge in [0.2, 0.25) is 0 Å². The highest BCUT2D eigenvalue weighted by molar-refractivity contribution is 5.99. The quantitative estimate of drug-likeness (QED) is 0.885. The zero-order valence-electron chi connectivity index (χ0n) is 11.4. The number of benzene rings is 2. The molecule has 0 aromatic heterocycles. The van der Waals surface area contributed by atoms with E-state index in [4.69, 9.17) is 0 Å². The van der Waals surface area contributed by atoms with Crippen molar-refractivity contribution in [3.05, 3.63) is 71.8 Å². The Morgan fingerprint density at radius 2 is 1.90 bits per heavy atom. The number of amides is 2. The van der Waals surface area contributed by atoms with Crippen LogP contribution in [0.5, 0.6) is 0 Å². The van der Waals surface area contributed by atoms with Crippen LogP contribution in [0.1, 0.15) is 16.7 Å². The summed E-state index contributed by atoms with van der Waals surface area (Å²) in [7, 11) is 1.79. The number of carbonyl (C=O) groups excluding carboxylic acids is 1. The predicted octanol–water partition coefficient (Wildman–Crippen LogP) is 3.41. The van der Waals surface area contributed by atoms with Gasteiger partial charge in [0.05, 0.1) is 5.69 Å². The number of nitrogens with one attached hydrogen (secondary N) is 1. The average Bonchev–Trinajstić information content (AvgIpc) is 2.50. The van der Waals surface area contributed by atoms with Crippen LogP contribution in [-0.4, -0.2) is 13.1 Å². The second-order valence-corrected chi connectivity index (χ2v) is 4.88. The fourth-order valence-electron chi connectivity index (χ4n) is 2.56. The van der Waals surface area contributed by atoms with Crippen LogP contribution < -0.4 is 10.2 Å². The van der Waals surface area contributed by atoms with Crippen molar-refractivity contribution in [2.24, 2.45) is 0 Å². The van der Waals surface area contributed by atoms with Gasteiger partial charge in [0.1, 0.15) is 0 Å². The average molecular weight is 264 g/mol. The van der Waals surface area contributed by atoms with Gasteiger partial charge in [-0.3, -0.25) is 4.90 Å². The van der Waals surface area contributed by atoms with Crippen LogP contribution in [-0.2, 0) is 6.54 Å². The van der Waals surface area contributed by atoms with Gasteiger partial charge in [-0.15, -0.1) is 0 Å². The van der Waals surface area contributed by atoms with E-state index < -0.39 is 0 Å². The summed E-state index contributed by atoms with van der Waals surface area (Å²) in [4.78, 5) is 13.5. The number of rotatable bonds is 2. The fourth-order valence-corrected chi connectivity index (χ4v) is 2.56. The Morgan fingerprint density at radius 1 is 1.15 bits per heavy atom. The monoisotopic (exact) mass is 264 g/mol. The zero-order chi connectivity index (χ0) is 14.1. The lowest BCUT2D eigenvalue weighted by molar-refractivity contribution is 0.246. The van der Waals surface area contributed by atoms with Gasteiger partial charge in [0.25, 0.3) is 0 Å². The number of carbonyl (C=O) groups is 1. The fraction of sp³-hybridized carbons (Fsp3) is 0.118. The molecule has 3 nitrogen and oxygen atoms in total. The van der Waals surface area contributed by atoms with Crippen molar-refractivity contribution in [3.8, 4) is 0 Å². The molecule has 1 N–H and O–H groups in total. The summed E-state index contributed by atoms with van der Waals surface area (Å²) < 4.78 is 0. The van der Waals surface area contributed by atoms with Crippen LogP contribution >= 0.6 is 0 Å². The van der Waals surface area contributed by atoms with E-state index in [0.717, 1.165) is 28.0 Å². The molecule has 0 radical (unpaired) electrons. The van der Waals surface area contributed by atoms with E-state index in [-0.39, 0.29) is 6.03 Å². The Hall–Kier alpha value is -2.55. The van der Waals surface area contributed by atoms with Gasteiger partial charge in [-0.25, -0.2) is 4.79 Å². The first kappa shape index (κ1) is 12.5. The highest BCUT2D eigenvalue weighted by atomic mass is 16.2. The third kappa shape index (κ3) is 1.97. The Kier molecular flexibility index (Phi) is 3.03. The molecule has 0 bridgehead atoms. The first-order valence-corrected chi connectivity index (χ1v) is 6.56. The summed E-state index contributed by atoms with van der Waals surface area (Å²) in [5.74, 6) is 0. The summed E-state index contributed by atoms with van der Waals surface area (Å²) in [5.41, 5.74) is 5.07.